The monoisotopic (exact) mass is 271 g/mol. The van der Waals surface area contributed by atoms with Gasteiger partial charge in [0.2, 0.25) is 0 Å². The van der Waals surface area contributed by atoms with E-state index in [1.807, 2.05) is 4.90 Å². The second-order valence-electron chi connectivity index (χ2n) is 5.47. The van der Waals surface area contributed by atoms with E-state index in [-0.39, 0.29) is 12.5 Å². The van der Waals surface area contributed by atoms with E-state index in [1.165, 1.54) is 0 Å². The molecule has 0 aromatic rings. The normalized spacial score (nSPS) is 24.3. The van der Waals surface area contributed by atoms with Crippen molar-refractivity contribution in [3.05, 3.63) is 0 Å². The molecule has 19 heavy (non-hydrogen) atoms. The van der Waals surface area contributed by atoms with Crippen LogP contribution in [0.15, 0.2) is 0 Å². The van der Waals surface area contributed by atoms with Crippen molar-refractivity contribution >= 4 is 12.0 Å². The second-order valence-corrected chi connectivity index (χ2v) is 5.47. The van der Waals surface area contributed by atoms with Gasteiger partial charge in [0, 0.05) is 45.2 Å². The van der Waals surface area contributed by atoms with Crippen LogP contribution in [-0.2, 0) is 4.79 Å². The van der Waals surface area contributed by atoms with Crippen LogP contribution in [0, 0.1) is 0 Å². The minimum Gasteiger partial charge on any atom is -0.481 e. The van der Waals surface area contributed by atoms with Crippen LogP contribution in [0.4, 0.5) is 4.79 Å². The van der Waals surface area contributed by atoms with Crippen LogP contribution < -0.4 is 0 Å². The van der Waals surface area contributed by atoms with Gasteiger partial charge in [-0.15, -0.1) is 0 Å². The number of amides is 2. The Morgan fingerprint density at radius 3 is 2.26 bits per heavy atom. The molecule has 1 aliphatic heterocycles. The van der Waals surface area contributed by atoms with Crippen molar-refractivity contribution in [1.29, 1.82) is 0 Å². The molecule has 0 saturated carbocycles. The van der Waals surface area contributed by atoms with Gasteiger partial charge < -0.3 is 14.9 Å². The Labute approximate surface area is 115 Å². The average molecular weight is 271 g/mol. The molecule has 0 spiro atoms. The minimum atomic E-state index is -0.817. The van der Waals surface area contributed by atoms with Gasteiger partial charge in [0.05, 0.1) is 0 Å². The van der Waals surface area contributed by atoms with Crippen molar-refractivity contribution < 1.29 is 14.7 Å². The predicted molar refractivity (Wildman–Crippen MR) is 73.2 cm³/mol. The predicted octanol–water partition coefficient (Wildman–Crippen LogP) is 0.927. The van der Waals surface area contributed by atoms with Gasteiger partial charge in [-0.05, 0) is 27.3 Å². The molecule has 1 heterocycles. The summed E-state index contributed by atoms with van der Waals surface area (Å²) in [6.07, 6.45) is 0.601. The highest BCUT2D eigenvalue weighted by Crippen LogP contribution is 2.14. The summed E-state index contributed by atoms with van der Waals surface area (Å²) in [5.74, 6) is -0.817. The lowest BCUT2D eigenvalue weighted by Gasteiger charge is -2.43. The molecule has 0 aliphatic carbocycles. The summed E-state index contributed by atoms with van der Waals surface area (Å²) in [4.78, 5) is 28.5. The fourth-order valence-corrected chi connectivity index (χ4v) is 2.37. The molecular weight excluding hydrogens is 246 g/mol. The van der Waals surface area contributed by atoms with Gasteiger partial charge in [-0.2, -0.15) is 0 Å². The maximum Gasteiger partial charge on any atom is 0.319 e. The molecule has 2 amide bonds. The van der Waals surface area contributed by atoms with E-state index < -0.39 is 5.97 Å². The van der Waals surface area contributed by atoms with Crippen molar-refractivity contribution in [2.75, 3.05) is 33.7 Å². The van der Waals surface area contributed by atoms with Crippen LogP contribution in [0.5, 0.6) is 0 Å². The molecule has 0 radical (unpaired) electrons. The summed E-state index contributed by atoms with van der Waals surface area (Å²) in [6, 6.07) is 0.692. The summed E-state index contributed by atoms with van der Waals surface area (Å²) >= 11 is 0. The fraction of sp³-hybridized carbons (Fsp3) is 0.846. The molecule has 6 heteroatoms. The fourth-order valence-electron chi connectivity index (χ4n) is 2.37. The zero-order valence-corrected chi connectivity index (χ0v) is 12.3. The molecular formula is C13H25N3O3. The zero-order chi connectivity index (χ0) is 14.6. The molecule has 1 N–H and O–H groups in total. The number of carboxylic acids is 1. The van der Waals surface area contributed by atoms with Gasteiger partial charge in [-0.3, -0.25) is 9.69 Å². The van der Waals surface area contributed by atoms with Gasteiger partial charge in [0.25, 0.3) is 0 Å². The number of hydrogen-bond acceptors (Lipinski definition) is 3. The number of carbonyl (C=O) groups excluding carboxylic acids is 1. The molecule has 1 fully saturated rings. The first kappa shape index (κ1) is 15.8. The number of rotatable bonds is 4. The van der Waals surface area contributed by atoms with Crippen molar-refractivity contribution in [3.63, 3.8) is 0 Å². The van der Waals surface area contributed by atoms with Gasteiger partial charge in [0.15, 0.2) is 0 Å². The van der Waals surface area contributed by atoms with Crippen LogP contribution in [-0.4, -0.2) is 77.6 Å². The topological polar surface area (TPSA) is 64.1 Å². The number of aliphatic carboxylic acids is 1. The highest BCUT2D eigenvalue weighted by Gasteiger charge is 2.30. The summed E-state index contributed by atoms with van der Waals surface area (Å²) in [7, 11) is 3.81. The third kappa shape index (κ3) is 4.38. The first-order chi connectivity index (χ1) is 8.82. The van der Waals surface area contributed by atoms with E-state index in [4.69, 9.17) is 5.11 Å². The van der Waals surface area contributed by atoms with E-state index in [9.17, 15) is 9.59 Å². The molecule has 0 aromatic carbocycles. The molecule has 1 aliphatic rings. The van der Waals surface area contributed by atoms with E-state index in [0.717, 1.165) is 13.1 Å². The Morgan fingerprint density at radius 2 is 1.79 bits per heavy atom. The maximum absolute atomic E-state index is 12.3. The first-order valence-electron chi connectivity index (χ1n) is 6.76. The summed E-state index contributed by atoms with van der Waals surface area (Å²) in [5.41, 5.74) is 0. The van der Waals surface area contributed by atoms with Gasteiger partial charge in [-0.1, -0.05) is 0 Å². The van der Waals surface area contributed by atoms with E-state index in [1.54, 1.807) is 11.9 Å². The SMILES string of the molecule is CC1CN(C(=O)N(C)CCCC(=O)O)CC(C)N1C. The average Bonchev–Trinajstić information content (AvgIpc) is 2.33. The van der Waals surface area contributed by atoms with E-state index in [0.29, 0.717) is 25.0 Å². The van der Waals surface area contributed by atoms with Crippen LogP contribution in [0.25, 0.3) is 0 Å². The third-order valence-corrected chi connectivity index (χ3v) is 3.84. The Bertz CT molecular complexity index is 323. The number of piperazine rings is 1. The third-order valence-electron chi connectivity index (χ3n) is 3.84. The highest BCUT2D eigenvalue weighted by atomic mass is 16.4. The Morgan fingerprint density at radius 1 is 1.26 bits per heavy atom. The number of likely N-dealkylation sites (N-methyl/N-ethyl adjacent to an activating group) is 1. The molecule has 0 aromatic heterocycles. The van der Waals surface area contributed by atoms with Crippen LogP contribution in [0.1, 0.15) is 26.7 Å². The van der Waals surface area contributed by atoms with Gasteiger partial charge in [-0.25, -0.2) is 4.79 Å². The highest BCUT2D eigenvalue weighted by molar-refractivity contribution is 5.74. The quantitative estimate of drug-likeness (QED) is 0.826. The molecule has 1 rings (SSSR count). The maximum atomic E-state index is 12.3. The summed E-state index contributed by atoms with van der Waals surface area (Å²) in [6.45, 7) is 6.16. The molecule has 2 unspecified atom stereocenters. The van der Waals surface area contributed by atoms with E-state index >= 15 is 0 Å². The lowest BCUT2D eigenvalue weighted by Crippen LogP contribution is -2.58. The van der Waals surface area contributed by atoms with Crippen LogP contribution in [0.2, 0.25) is 0 Å². The Hall–Kier alpha value is -1.30. The molecule has 6 nitrogen and oxygen atoms in total. The first-order valence-corrected chi connectivity index (χ1v) is 6.76. The molecule has 0 bridgehead atoms. The lowest BCUT2D eigenvalue weighted by molar-refractivity contribution is -0.137. The number of carbonyl (C=O) groups is 2. The van der Waals surface area contributed by atoms with Gasteiger partial charge >= 0.3 is 12.0 Å². The zero-order valence-electron chi connectivity index (χ0n) is 12.3. The number of hydrogen-bond donors (Lipinski definition) is 1. The molecule has 1 saturated heterocycles. The van der Waals surface area contributed by atoms with E-state index in [2.05, 4.69) is 25.8 Å². The number of nitrogens with zero attached hydrogens (tertiary/aromatic N) is 3. The summed E-state index contributed by atoms with van der Waals surface area (Å²) < 4.78 is 0. The smallest absolute Gasteiger partial charge is 0.319 e. The van der Waals surface area contributed by atoms with Crippen LogP contribution >= 0.6 is 0 Å². The second kappa shape index (κ2) is 6.75. The van der Waals surface area contributed by atoms with Crippen LogP contribution in [0.3, 0.4) is 0 Å². The van der Waals surface area contributed by atoms with Crippen molar-refractivity contribution in [2.24, 2.45) is 0 Å². The Balaban J connectivity index is 2.46. The Kier molecular flexibility index (Phi) is 5.60. The van der Waals surface area contributed by atoms with Crippen molar-refractivity contribution in [3.8, 4) is 0 Å². The standard InChI is InChI=1S/C13H25N3O3/c1-10-8-16(9-11(2)15(10)4)13(19)14(3)7-5-6-12(17)18/h10-11H,5-9H2,1-4H3,(H,17,18). The number of urea groups is 1. The molecule has 110 valence electrons. The largest absolute Gasteiger partial charge is 0.481 e. The van der Waals surface area contributed by atoms with Crippen molar-refractivity contribution in [1.82, 2.24) is 14.7 Å². The molecule has 2 atom stereocenters. The van der Waals surface area contributed by atoms with Gasteiger partial charge in [0.1, 0.15) is 0 Å². The summed E-state index contributed by atoms with van der Waals surface area (Å²) in [5, 5.41) is 8.59. The minimum absolute atomic E-state index is 0.00260. The lowest BCUT2D eigenvalue weighted by atomic mass is 10.1. The van der Waals surface area contributed by atoms with Crippen molar-refractivity contribution in [2.45, 2.75) is 38.8 Å². The number of carboxylic acid groups (broad SMARTS) is 1.